The fraction of sp³-hybridized carbons (Fsp3) is 0.385. The molecule has 8 heteroatoms. The minimum absolute atomic E-state index is 0.0229. The Morgan fingerprint density at radius 2 is 1.85 bits per heavy atom. The third kappa shape index (κ3) is 3.98. The number of aromatic hydroxyl groups is 1. The molecule has 180 valence electrons. The molecule has 0 fully saturated rings. The summed E-state index contributed by atoms with van der Waals surface area (Å²) in [6.45, 7) is 5.56. The van der Waals surface area contributed by atoms with Crippen molar-refractivity contribution in [2.24, 2.45) is 0 Å². The van der Waals surface area contributed by atoms with Crippen molar-refractivity contribution in [3.63, 3.8) is 0 Å². The second-order valence-electron chi connectivity index (χ2n) is 8.94. The fourth-order valence-corrected chi connectivity index (χ4v) is 4.41. The van der Waals surface area contributed by atoms with Gasteiger partial charge in [0.05, 0.1) is 25.4 Å². The number of cyclic esters (lactones) is 1. The van der Waals surface area contributed by atoms with Crippen LogP contribution in [0.2, 0.25) is 0 Å². The average molecular weight is 469 g/mol. The highest BCUT2D eigenvalue weighted by Crippen LogP contribution is 2.44. The van der Waals surface area contributed by atoms with Crippen molar-refractivity contribution in [3.05, 3.63) is 64.9 Å². The van der Waals surface area contributed by atoms with Crippen LogP contribution in [0.5, 0.6) is 11.5 Å². The predicted octanol–water partition coefficient (Wildman–Crippen LogP) is 2.93. The van der Waals surface area contributed by atoms with Crippen LogP contribution < -0.4 is 4.74 Å². The van der Waals surface area contributed by atoms with Crippen LogP contribution in [-0.4, -0.2) is 53.2 Å². The first kappa shape index (κ1) is 23.6. The largest absolute Gasteiger partial charge is 0.508 e. The number of phenolic OH excluding ortho intramolecular Hbond substituents is 1. The normalized spacial score (nSPS) is 23.1. The minimum atomic E-state index is -1.80. The molecule has 1 unspecified atom stereocenters. The van der Waals surface area contributed by atoms with E-state index in [9.17, 15) is 19.8 Å². The Morgan fingerprint density at radius 1 is 1.15 bits per heavy atom. The van der Waals surface area contributed by atoms with Crippen molar-refractivity contribution in [1.82, 2.24) is 0 Å². The summed E-state index contributed by atoms with van der Waals surface area (Å²) in [7, 11) is 1.23. The molecule has 2 aromatic rings. The van der Waals surface area contributed by atoms with E-state index in [1.165, 1.54) is 19.2 Å². The molecular formula is C26H28O8. The number of aliphatic hydroxyl groups excluding tert-OH is 1. The number of esters is 2. The van der Waals surface area contributed by atoms with Gasteiger partial charge in [0, 0.05) is 12.8 Å². The van der Waals surface area contributed by atoms with Gasteiger partial charge < -0.3 is 29.2 Å². The third-order valence-electron chi connectivity index (χ3n) is 6.21. The number of phenols is 1. The summed E-state index contributed by atoms with van der Waals surface area (Å²) in [5, 5.41) is 20.2. The summed E-state index contributed by atoms with van der Waals surface area (Å²) in [4.78, 5) is 26.1. The molecule has 0 spiro atoms. The van der Waals surface area contributed by atoms with Crippen LogP contribution in [0.25, 0.3) is 5.57 Å². The molecule has 0 saturated carbocycles. The molecule has 2 aromatic carbocycles. The highest BCUT2D eigenvalue weighted by atomic mass is 16.6. The van der Waals surface area contributed by atoms with E-state index in [0.29, 0.717) is 23.3 Å². The number of carbonyl (C=O) groups is 2. The highest BCUT2D eigenvalue weighted by Gasteiger charge is 2.56. The number of aliphatic hydroxyl groups is 1. The summed E-state index contributed by atoms with van der Waals surface area (Å²) in [5.74, 6) is -0.911. The van der Waals surface area contributed by atoms with Crippen molar-refractivity contribution in [1.29, 1.82) is 0 Å². The van der Waals surface area contributed by atoms with Crippen LogP contribution in [0.1, 0.15) is 37.5 Å². The molecule has 0 amide bonds. The molecule has 4 rings (SSSR count). The van der Waals surface area contributed by atoms with Gasteiger partial charge in [0.25, 0.3) is 0 Å². The summed E-state index contributed by atoms with van der Waals surface area (Å²) >= 11 is 0. The molecule has 0 aromatic heterocycles. The zero-order valence-corrected chi connectivity index (χ0v) is 19.6. The van der Waals surface area contributed by atoms with Gasteiger partial charge >= 0.3 is 11.9 Å². The first-order valence-corrected chi connectivity index (χ1v) is 11.1. The second-order valence-corrected chi connectivity index (χ2v) is 8.94. The first-order valence-electron chi connectivity index (χ1n) is 11.1. The van der Waals surface area contributed by atoms with E-state index in [0.717, 1.165) is 5.56 Å². The van der Waals surface area contributed by atoms with Crippen molar-refractivity contribution in [2.45, 2.75) is 50.9 Å². The standard InChI is InChI=1S/C26H28O8/c1-5-32-22-21(16-7-9-18(27)10-8-16)26(24(30)31-4,34-23(22)29)14-15-6-11-19-17(12-15)13-20(28)25(2,3)33-19/h6-12,20,27-28H,5,13-14H2,1-4H3/t20?,26-/m1/s1. The Labute approximate surface area is 197 Å². The number of benzene rings is 2. The molecular weight excluding hydrogens is 440 g/mol. The monoisotopic (exact) mass is 468 g/mol. The fourth-order valence-electron chi connectivity index (χ4n) is 4.41. The Bertz CT molecular complexity index is 1150. The van der Waals surface area contributed by atoms with Crippen molar-refractivity contribution in [3.8, 4) is 11.5 Å². The van der Waals surface area contributed by atoms with Gasteiger partial charge in [-0.15, -0.1) is 0 Å². The van der Waals surface area contributed by atoms with E-state index in [-0.39, 0.29) is 30.1 Å². The molecule has 34 heavy (non-hydrogen) atoms. The van der Waals surface area contributed by atoms with E-state index < -0.39 is 29.2 Å². The molecule has 2 aliphatic rings. The van der Waals surface area contributed by atoms with Gasteiger partial charge in [-0.25, -0.2) is 9.59 Å². The van der Waals surface area contributed by atoms with Crippen LogP contribution in [0.15, 0.2) is 48.2 Å². The topological polar surface area (TPSA) is 112 Å². The quantitative estimate of drug-likeness (QED) is 0.623. The van der Waals surface area contributed by atoms with E-state index in [4.69, 9.17) is 18.9 Å². The number of hydrogen-bond acceptors (Lipinski definition) is 8. The van der Waals surface area contributed by atoms with Gasteiger partial charge in [-0.3, -0.25) is 0 Å². The van der Waals surface area contributed by atoms with Crippen LogP contribution in [0, 0.1) is 0 Å². The number of fused-ring (bicyclic) bond motifs is 1. The highest BCUT2D eigenvalue weighted by molar-refractivity contribution is 6.11. The average Bonchev–Trinajstić information content (AvgIpc) is 3.07. The molecule has 2 aliphatic heterocycles. The van der Waals surface area contributed by atoms with Crippen LogP contribution in [-0.2, 0) is 36.6 Å². The summed E-state index contributed by atoms with van der Waals surface area (Å²) in [6.07, 6.45) is -0.345. The summed E-state index contributed by atoms with van der Waals surface area (Å²) in [5.41, 5.74) is -0.327. The van der Waals surface area contributed by atoms with Crippen LogP contribution >= 0.6 is 0 Å². The maximum atomic E-state index is 13.2. The minimum Gasteiger partial charge on any atom is -0.508 e. The molecule has 0 bridgehead atoms. The first-order chi connectivity index (χ1) is 16.1. The molecule has 0 aliphatic carbocycles. The second kappa shape index (κ2) is 8.68. The van der Waals surface area contributed by atoms with E-state index in [1.54, 1.807) is 31.2 Å². The zero-order valence-electron chi connectivity index (χ0n) is 19.6. The number of rotatable bonds is 6. The maximum absolute atomic E-state index is 13.2. The zero-order chi connectivity index (χ0) is 24.7. The number of hydrogen-bond donors (Lipinski definition) is 2. The van der Waals surface area contributed by atoms with Crippen LogP contribution in [0.3, 0.4) is 0 Å². The maximum Gasteiger partial charge on any atom is 0.375 e. The van der Waals surface area contributed by atoms with Crippen molar-refractivity contribution < 1.29 is 38.7 Å². The lowest BCUT2D eigenvalue weighted by Gasteiger charge is -2.37. The molecule has 8 nitrogen and oxygen atoms in total. The van der Waals surface area contributed by atoms with Crippen molar-refractivity contribution >= 4 is 17.5 Å². The van der Waals surface area contributed by atoms with Gasteiger partial charge in [0.1, 0.15) is 17.1 Å². The number of ether oxygens (including phenoxy) is 4. The molecule has 2 N–H and O–H groups in total. The third-order valence-corrected chi connectivity index (χ3v) is 6.21. The number of methoxy groups -OCH3 is 1. The lowest BCUT2D eigenvalue weighted by molar-refractivity contribution is -0.169. The van der Waals surface area contributed by atoms with E-state index in [1.807, 2.05) is 19.9 Å². The molecule has 2 heterocycles. The summed E-state index contributed by atoms with van der Waals surface area (Å²) in [6, 6.07) is 11.5. The Morgan fingerprint density at radius 3 is 2.50 bits per heavy atom. The van der Waals surface area contributed by atoms with Gasteiger partial charge in [-0.2, -0.15) is 0 Å². The lowest BCUT2D eigenvalue weighted by Crippen LogP contribution is -2.46. The van der Waals surface area contributed by atoms with Crippen molar-refractivity contribution in [2.75, 3.05) is 13.7 Å². The molecule has 2 atom stereocenters. The van der Waals surface area contributed by atoms with Gasteiger partial charge in [0.15, 0.2) is 0 Å². The Kier molecular flexibility index (Phi) is 6.03. The van der Waals surface area contributed by atoms with Gasteiger partial charge in [-0.05, 0) is 55.7 Å². The van der Waals surface area contributed by atoms with Gasteiger partial charge in [-0.1, -0.05) is 24.3 Å². The predicted molar refractivity (Wildman–Crippen MR) is 122 cm³/mol. The molecule has 0 saturated heterocycles. The lowest BCUT2D eigenvalue weighted by atomic mass is 9.82. The van der Waals surface area contributed by atoms with E-state index >= 15 is 0 Å². The van der Waals surface area contributed by atoms with E-state index in [2.05, 4.69) is 0 Å². The Balaban J connectivity index is 1.82. The smallest absolute Gasteiger partial charge is 0.375 e. The number of carbonyl (C=O) groups excluding carboxylic acids is 2. The SMILES string of the molecule is CCOC1=C(c2ccc(O)cc2)[C@](Cc2ccc3c(c2)CC(O)C(C)(C)O3)(C(=O)OC)OC1=O. The molecule has 0 radical (unpaired) electrons. The van der Waals surface area contributed by atoms with Crippen LogP contribution in [0.4, 0.5) is 0 Å². The Hall–Kier alpha value is -3.52. The summed E-state index contributed by atoms with van der Waals surface area (Å²) < 4.78 is 22.4. The van der Waals surface area contributed by atoms with Gasteiger partial charge in [0.2, 0.25) is 11.4 Å².